The van der Waals surface area contributed by atoms with Crippen molar-refractivity contribution in [3.63, 3.8) is 0 Å². The fourth-order valence-corrected chi connectivity index (χ4v) is 2.71. The van der Waals surface area contributed by atoms with Gasteiger partial charge in [0, 0.05) is 5.70 Å². The van der Waals surface area contributed by atoms with E-state index in [0.717, 1.165) is 4.31 Å². The van der Waals surface area contributed by atoms with E-state index in [1.165, 1.54) is 0 Å². The summed E-state index contributed by atoms with van der Waals surface area (Å²) in [4.78, 5) is 11.6. The van der Waals surface area contributed by atoms with E-state index in [1.807, 2.05) is 0 Å². The zero-order valence-electron chi connectivity index (χ0n) is 11.2. The molecule has 0 atom stereocenters. The molecule has 0 aromatic heterocycles. The van der Waals surface area contributed by atoms with Gasteiger partial charge in [-0.3, -0.25) is 4.79 Å². The zero-order valence-corrected chi connectivity index (χ0v) is 12.0. The van der Waals surface area contributed by atoms with Crippen LogP contribution in [0.4, 0.5) is 0 Å². The first-order chi connectivity index (χ1) is 8.01. The third-order valence-electron chi connectivity index (χ3n) is 2.04. The second-order valence-electron chi connectivity index (χ2n) is 5.09. The molecule has 1 rings (SSSR count). The van der Waals surface area contributed by atoms with E-state index in [-0.39, 0.29) is 6.54 Å². The summed E-state index contributed by atoms with van der Waals surface area (Å²) in [5.41, 5.74) is 0.203. The Bertz CT molecular complexity index is 512. The Morgan fingerprint density at radius 3 is 2.39 bits per heavy atom. The molecular formula is C11H18N2O4S. The maximum absolute atomic E-state index is 11.8. The van der Waals surface area contributed by atoms with Crippen LogP contribution in [-0.2, 0) is 19.7 Å². The Hall–Kier alpha value is -1.37. The van der Waals surface area contributed by atoms with E-state index in [2.05, 4.69) is 4.40 Å². The molecular weight excluding hydrogens is 256 g/mol. The van der Waals surface area contributed by atoms with Gasteiger partial charge in [0.2, 0.25) is 0 Å². The van der Waals surface area contributed by atoms with Crippen molar-refractivity contribution >= 4 is 21.9 Å². The van der Waals surface area contributed by atoms with E-state index in [1.54, 1.807) is 40.7 Å². The standard InChI is InChI=1S/C11H18N2O4S/c1-8-6-9(2)13(18(15,16)12-8)7-10(14)17-11(3,4)5/h6H,7H2,1-5H3. The molecule has 0 fully saturated rings. The Balaban J connectivity index is 2.86. The lowest BCUT2D eigenvalue weighted by atomic mass is 10.2. The number of hydrogen-bond donors (Lipinski definition) is 0. The first-order valence-electron chi connectivity index (χ1n) is 5.51. The molecule has 0 amide bonds. The number of carbonyl (C=O) groups excluding carboxylic acids is 1. The smallest absolute Gasteiger partial charge is 0.345 e. The lowest BCUT2D eigenvalue weighted by molar-refractivity contribution is -0.154. The highest BCUT2D eigenvalue weighted by Crippen LogP contribution is 2.18. The molecule has 18 heavy (non-hydrogen) atoms. The van der Waals surface area contributed by atoms with Crippen LogP contribution in [0.5, 0.6) is 0 Å². The summed E-state index contributed by atoms with van der Waals surface area (Å²) < 4.78 is 33.1. The minimum absolute atomic E-state index is 0.362. The van der Waals surface area contributed by atoms with Gasteiger partial charge in [0.1, 0.15) is 12.1 Å². The van der Waals surface area contributed by atoms with Crippen LogP contribution in [0.25, 0.3) is 0 Å². The molecule has 1 aliphatic rings. The van der Waals surface area contributed by atoms with Crippen molar-refractivity contribution in [2.24, 2.45) is 4.40 Å². The van der Waals surface area contributed by atoms with Crippen molar-refractivity contribution in [2.45, 2.75) is 40.2 Å². The zero-order chi connectivity index (χ0) is 14.1. The van der Waals surface area contributed by atoms with E-state index < -0.39 is 21.8 Å². The average molecular weight is 274 g/mol. The number of hydrogen-bond acceptors (Lipinski definition) is 4. The fourth-order valence-electron chi connectivity index (χ4n) is 1.51. The third kappa shape index (κ3) is 3.83. The highest BCUT2D eigenvalue weighted by Gasteiger charge is 2.29. The van der Waals surface area contributed by atoms with Crippen LogP contribution in [0.15, 0.2) is 16.2 Å². The van der Waals surface area contributed by atoms with Gasteiger partial charge in [0.05, 0.1) is 5.71 Å². The first kappa shape index (κ1) is 14.7. The predicted octanol–water partition coefficient (Wildman–Crippen LogP) is 1.25. The summed E-state index contributed by atoms with van der Waals surface area (Å²) >= 11 is 0. The Labute approximate surface area is 108 Å². The molecule has 7 heteroatoms. The quantitative estimate of drug-likeness (QED) is 0.710. The van der Waals surface area contributed by atoms with Crippen LogP contribution in [0.2, 0.25) is 0 Å². The fraction of sp³-hybridized carbons (Fsp3) is 0.636. The molecule has 1 heterocycles. The van der Waals surface area contributed by atoms with E-state index in [9.17, 15) is 13.2 Å². The summed E-state index contributed by atoms with van der Waals surface area (Å²) in [6.45, 7) is 8.01. The lowest BCUT2D eigenvalue weighted by Gasteiger charge is -2.26. The van der Waals surface area contributed by atoms with E-state index in [0.29, 0.717) is 11.4 Å². The molecule has 0 N–H and O–H groups in total. The van der Waals surface area contributed by atoms with Crippen LogP contribution in [-0.4, -0.2) is 36.5 Å². The summed E-state index contributed by atoms with van der Waals surface area (Å²) in [6, 6.07) is 0. The minimum atomic E-state index is -3.82. The van der Waals surface area contributed by atoms with Gasteiger partial charge in [-0.15, -0.1) is 4.40 Å². The van der Waals surface area contributed by atoms with Crippen molar-refractivity contribution < 1.29 is 17.9 Å². The van der Waals surface area contributed by atoms with Gasteiger partial charge in [-0.1, -0.05) is 0 Å². The molecule has 0 saturated carbocycles. The largest absolute Gasteiger partial charge is 0.459 e. The molecule has 0 bridgehead atoms. The summed E-state index contributed by atoms with van der Waals surface area (Å²) in [7, 11) is -3.82. The summed E-state index contributed by atoms with van der Waals surface area (Å²) in [5.74, 6) is -0.603. The van der Waals surface area contributed by atoms with Gasteiger partial charge in [0.25, 0.3) is 0 Å². The van der Waals surface area contributed by atoms with Crippen LogP contribution >= 0.6 is 0 Å². The number of ether oxygens (including phenoxy) is 1. The van der Waals surface area contributed by atoms with Crippen molar-refractivity contribution in [3.05, 3.63) is 11.8 Å². The van der Waals surface area contributed by atoms with Crippen LogP contribution < -0.4 is 0 Å². The first-order valence-corrected chi connectivity index (χ1v) is 6.90. The number of carbonyl (C=O) groups is 1. The maximum atomic E-state index is 11.8. The molecule has 0 aromatic rings. The molecule has 0 saturated heterocycles. The van der Waals surface area contributed by atoms with Crippen LogP contribution in [0.3, 0.4) is 0 Å². The highest BCUT2D eigenvalue weighted by molar-refractivity contribution is 7.88. The van der Waals surface area contributed by atoms with Gasteiger partial charge >= 0.3 is 16.2 Å². The van der Waals surface area contributed by atoms with Gasteiger partial charge in [-0.2, -0.15) is 8.42 Å². The van der Waals surface area contributed by atoms with Crippen LogP contribution in [0.1, 0.15) is 34.6 Å². The van der Waals surface area contributed by atoms with Gasteiger partial charge < -0.3 is 4.74 Å². The van der Waals surface area contributed by atoms with E-state index >= 15 is 0 Å². The van der Waals surface area contributed by atoms with E-state index in [4.69, 9.17) is 4.74 Å². The topological polar surface area (TPSA) is 76.0 Å². The molecule has 0 aromatic carbocycles. The van der Waals surface area contributed by atoms with Crippen molar-refractivity contribution in [2.75, 3.05) is 6.54 Å². The summed E-state index contributed by atoms with van der Waals surface area (Å²) in [5, 5.41) is 0. The molecule has 6 nitrogen and oxygen atoms in total. The molecule has 0 spiro atoms. The van der Waals surface area contributed by atoms with Crippen molar-refractivity contribution in [1.29, 1.82) is 0 Å². The van der Waals surface area contributed by atoms with Crippen LogP contribution in [0, 0.1) is 0 Å². The molecule has 1 aliphatic heterocycles. The number of allylic oxidation sites excluding steroid dienone is 2. The van der Waals surface area contributed by atoms with Gasteiger partial charge in [0.15, 0.2) is 0 Å². The monoisotopic (exact) mass is 274 g/mol. The predicted molar refractivity (Wildman–Crippen MR) is 68.3 cm³/mol. The Morgan fingerprint density at radius 2 is 1.94 bits per heavy atom. The third-order valence-corrected chi connectivity index (χ3v) is 3.53. The number of nitrogens with zero attached hydrogens (tertiary/aromatic N) is 2. The van der Waals surface area contributed by atoms with Gasteiger partial charge in [-0.05, 0) is 40.7 Å². The SMILES string of the molecule is CC1=CC(C)=NS(=O)(=O)N1CC(=O)OC(C)(C)C. The molecule has 102 valence electrons. The Morgan fingerprint density at radius 1 is 1.39 bits per heavy atom. The molecule has 0 radical (unpaired) electrons. The second-order valence-corrected chi connectivity index (χ2v) is 6.61. The van der Waals surface area contributed by atoms with Gasteiger partial charge in [-0.25, -0.2) is 4.31 Å². The van der Waals surface area contributed by atoms with Crippen molar-refractivity contribution in [3.8, 4) is 0 Å². The molecule has 0 aliphatic carbocycles. The lowest BCUT2D eigenvalue weighted by Crippen LogP contribution is -2.38. The van der Waals surface area contributed by atoms with Crippen molar-refractivity contribution in [1.82, 2.24) is 4.31 Å². The molecule has 0 unspecified atom stereocenters. The second kappa shape index (κ2) is 4.72. The summed E-state index contributed by atoms with van der Waals surface area (Å²) in [6.07, 6.45) is 1.60. The Kier molecular flexibility index (Phi) is 3.85. The normalized spacial score (nSPS) is 19.1. The number of rotatable bonds is 2. The maximum Gasteiger partial charge on any atom is 0.345 e. The number of esters is 1. The highest BCUT2D eigenvalue weighted by atomic mass is 32.2. The average Bonchev–Trinajstić information content (AvgIpc) is 2.07. The minimum Gasteiger partial charge on any atom is -0.459 e.